The Morgan fingerprint density at radius 2 is 1.14 bits per heavy atom. The van der Waals surface area contributed by atoms with Gasteiger partial charge < -0.3 is 57.4 Å². The number of likely N-dealkylation sites (N-methyl/N-ethyl adjacent to an activating group) is 2. The molecule has 2 heterocycles. The summed E-state index contributed by atoms with van der Waals surface area (Å²) in [5.74, 6) is -2.96. The monoisotopic (exact) mass is 1170 g/mol. The first-order valence-electron chi connectivity index (χ1n) is 29.4. The Kier molecular flexibility index (Phi) is 20.4. The maximum atomic E-state index is 15.2. The number of amides is 8. The first-order chi connectivity index (χ1) is 40.0. The minimum absolute atomic E-state index is 0.00715. The van der Waals surface area contributed by atoms with E-state index in [0.717, 1.165) is 55.2 Å². The van der Waals surface area contributed by atoms with Crippen LogP contribution in [0, 0.1) is 5.41 Å². The number of nitrogens with one attached hydrogen (secondary N) is 8. The maximum absolute atomic E-state index is 15.2. The van der Waals surface area contributed by atoms with Gasteiger partial charge in [0, 0.05) is 52.9 Å². The topological polar surface area (TPSA) is 260 Å². The smallest absolute Gasteiger partial charge is 0.255 e. The van der Waals surface area contributed by atoms with Crippen LogP contribution in [-0.2, 0) is 54.6 Å². The van der Waals surface area contributed by atoms with E-state index in [2.05, 4.69) is 54.7 Å². The van der Waals surface area contributed by atoms with Crippen LogP contribution in [0.2, 0.25) is 0 Å². The molecular formula is C64H84N10O9S. The molecule has 2 aliphatic heterocycles. The van der Waals surface area contributed by atoms with E-state index in [0.29, 0.717) is 17.0 Å². The number of hydrogen-bond donors (Lipinski definition) is 9. The number of anilines is 1. The van der Waals surface area contributed by atoms with Gasteiger partial charge in [0.25, 0.3) is 11.8 Å². The summed E-state index contributed by atoms with van der Waals surface area (Å²) in [7, 11) is 3.31. The van der Waals surface area contributed by atoms with Crippen molar-refractivity contribution in [2.75, 3.05) is 38.3 Å². The number of fused-ring (bicyclic) bond motifs is 3. The normalized spacial score (nSPS) is 20.8. The summed E-state index contributed by atoms with van der Waals surface area (Å²) in [5.41, 5.74) is 6.13. The zero-order chi connectivity index (χ0) is 60.6. The summed E-state index contributed by atoms with van der Waals surface area (Å²) in [4.78, 5) is 117. The van der Waals surface area contributed by atoms with E-state index in [1.807, 2.05) is 77.1 Å². The number of hydrogen-bond acceptors (Lipinski definition) is 12. The molecule has 20 heteroatoms. The van der Waals surface area contributed by atoms with E-state index in [9.17, 15) is 38.7 Å². The molecule has 1 saturated heterocycles. The van der Waals surface area contributed by atoms with Gasteiger partial charge in [-0.15, -0.1) is 0 Å². The second kappa shape index (κ2) is 27.3. The lowest BCUT2D eigenvalue weighted by Gasteiger charge is -2.42. The molecule has 0 saturated carbocycles. The molecule has 0 bridgehead atoms. The molecule has 8 amide bonds. The first-order valence-corrected chi connectivity index (χ1v) is 30.4. The van der Waals surface area contributed by atoms with Crippen molar-refractivity contribution in [3.8, 4) is 0 Å². The van der Waals surface area contributed by atoms with E-state index in [-0.39, 0.29) is 73.5 Å². The van der Waals surface area contributed by atoms with Crippen molar-refractivity contribution in [2.24, 2.45) is 5.41 Å². The van der Waals surface area contributed by atoms with Gasteiger partial charge in [-0.2, -0.15) is 11.8 Å². The molecule has 0 spiro atoms. The van der Waals surface area contributed by atoms with Crippen LogP contribution in [0.5, 0.6) is 0 Å². The summed E-state index contributed by atoms with van der Waals surface area (Å²) in [6.07, 6.45) is 5.37. The second-order valence-electron chi connectivity index (χ2n) is 24.4. The minimum atomic E-state index is -1.10. The predicted molar refractivity (Wildman–Crippen MR) is 325 cm³/mol. The van der Waals surface area contributed by atoms with Gasteiger partial charge in [0.05, 0.1) is 30.8 Å². The molecule has 9 N–H and O–H groups in total. The number of rotatable bonds is 20. The van der Waals surface area contributed by atoms with E-state index >= 15 is 4.79 Å². The second-order valence-corrected chi connectivity index (χ2v) is 26.1. The van der Waals surface area contributed by atoms with Crippen molar-refractivity contribution >= 4 is 64.7 Å². The summed E-state index contributed by atoms with van der Waals surface area (Å²) < 4.78 is -0.914. The van der Waals surface area contributed by atoms with Crippen LogP contribution in [0.1, 0.15) is 147 Å². The number of thioether (sulfide) groups is 1. The van der Waals surface area contributed by atoms with Crippen molar-refractivity contribution in [3.63, 3.8) is 0 Å². The Hall–Kier alpha value is -7.13. The molecule has 84 heavy (non-hydrogen) atoms. The van der Waals surface area contributed by atoms with Crippen molar-refractivity contribution in [1.82, 2.24) is 47.0 Å². The summed E-state index contributed by atoms with van der Waals surface area (Å²) >= 11 is 1.34. The fraction of sp³-hybridized carbons (Fsp3) is 0.500. The number of carbonyl (C=O) groups is 8. The zero-order valence-corrected chi connectivity index (χ0v) is 50.7. The largest absolute Gasteiger partial charge is 0.396 e. The van der Waals surface area contributed by atoms with Gasteiger partial charge in [-0.1, -0.05) is 75.4 Å². The maximum Gasteiger partial charge on any atom is 0.255 e. The Bertz CT molecular complexity index is 3090. The molecule has 2 aliphatic carbocycles. The van der Waals surface area contributed by atoms with E-state index in [4.69, 9.17) is 0 Å². The number of aliphatic hydroxyl groups excluding tert-OH is 1. The molecule has 9 atom stereocenters. The van der Waals surface area contributed by atoms with Gasteiger partial charge >= 0.3 is 0 Å². The molecule has 19 nitrogen and oxygen atoms in total. The SMILES string of the molecule is CN[C@@H](C)C(=O)N[C@H](C(=O)N1C[C@@H](NC(=O)c2ccc(C(=O)Nc3ccc4c(c3)CN(C(=O)[C@@H](NC(=O)[C@H](C)NC)C(C)(C)SCCO)[C@H](C(=O)N[C@@H]3CCCc5ccccc53)C4)cc2)C[C@H]1C(=O)N[C@@H]1CCCc2ccccc21)C(C)(C)C. The highest BCUT2D eigenvalue weighted by Gasteiger charge is 2.47. The van der Waals surface area contributed by atoms with Crippen molar-refractivity contribution in [3.05, 3.63) is 136 Å². The lowest BCUT2D eigenvalue weighted by atomic mass is 9.85. The highest BCUT2D eigenvalue weighted by atomic mass is 32.2. The third-order valence-electron chi connectivity index (χ3n) is 17.0. The van der Waals surface area contributed by atoms with Crippen molar-refractivity contribution in [2.45, 2.75) is 166 Å². The fourth-order valence-corrected chi connectivity index (χ4v) is 12.8. The molecule has 0 unspecified atom stereocenters. The summed E-state index contributed by atoms with van der Waals surface area (Å²) in [5, 5.41) is 34.0. The van der Waals surface area contributed by atoms with Crippen LogP contribution in [0.15, 0.2) is 91.0 Å². The Morgan fingerprint density at radius 3 is 1.69 bits per heavy atom. The summed E-state index contributed by atoms with van der Waals surface area (Å²) in [6, 6.07) is 21.2. The van der Waals surface area contributed by atoms with Crippen molar-refractivity contribution < 1.29 is 43.5 Å². The molecule has 8 rings (SSSR count). The number of benzene rings is 4. The van der Waals surface area contributed by atoms with Crippen LogP contribution < -0.4 is 42.5 Å². The van der Waals surface area contributed by atoms with Crippen LogP contribution in [0.25, 0.3) is 0 Å². The molecule has 4 aromatic rings. The number of aliphatic hydroxyl groups is 1. The molecule has 0 aromatic heterocycles. The Labute approximate surface area is 497 Å². The van der Waals surface area contributed by atoms with Gasteiger partial charge in [0.2, 0.25) is 35.4 Å². The Balaban J connectivity index is 0.986. The molecule has 450 valence electrons. The third-order valence-corrected chi connectivity index (χ3v) is 18.4. The fourth-order valence-electron chi connectivity index (χ4n) is 11.9. The van der Waals surface area contributed by atoms with Crippen LogP contribution >= 0.6 is 11.8 Å². The number of carbonyl (C=O) groups excluding carboxylic acids is 8. The lowest BCUT2D eigenvalue weighted by Crippen LogP contribution is -2.63. The van der Waals surface area contributed by atoms with Gasteiger partial charge in [0.15, 0.2) is 0 Å². The van der Waals surface area contributed by atoms with Gasteiger partial charge in [-0.05, 0) is 162 Å². The van der Waals surface area contributed by atoms with Crippen LogP contribution in [-0.4, -0.2) is 142 Å². The zero-order valence-electron chi connectivity index (χ0n) is 49.9. The third kappa shape index (κ3) is 14.7. The van der Waals surface area contributed by atoms with E-state index in [1.54, 1.807) is 40.1 Å². The van der Waals surface area contributed by atoms with Crippen LogP contribution in [0.4, 0.5) is 5.69 Å². The standard InChI is InChI=1S/C64H84N10O9S/c1-37(65-8)55(76)71-53(63(3,4)5)61(82)74-36-46(34-52(74)60(81)70-50-23-15-19-40-17-11-13-21-48(40)50)68-58(79)42-26-24-41(25-27-42)57(78)67-45-29-28-43-33-51(59(80)69-49-22-14-18-39-16-10-12-20-47(39)49)73(35-44(43)32-45)62(83)54(64(6,7)84-31-30-75)72-56(77)38(2)66-9/h10-13,16-17,20-21,24-29,32,37-38,46,49-54,65-66,75H,14-15,18-19,22-23,30-31,33-36H2,1-9H3,(H,67,78)(H,68,79)(H,69,80)(H,70,81)(H,71,76)(H,72,77)/t37-,38-,46-,49+,50+,51-,52-,53+,54+/m0/s1. The lowest BCUT2D eigenvalue weighted by molar-refractivity contribution is -0.145. The number of likely N-dealkylation sites (tertiary alicyclic amines) is 1. The van der Waals surface area contributed by atoms with E-state index in [1.165, 1.54) is 57.0 Å². The minimum Gasteiger partial charge on any atom is -0.396 e. The average Bonchev–Trinajstić information content (AvgIpc) is 3.93. The average molecular weight is 1170 g/mol. The highest BCUT2D eigenvalue weighted by Crippen LogP contribution is 2.36. The van der Waals surface area contributed by atoms with Gasteiger partial charge in [0.1, 0.15) is 24.2 Å². The Morgan fingerprint density at radius 1 is 0.619 bits per heavy atom. The van der Waals surface area contributed by atoms with Crippen molar-refractivity contribution in [1.29, 1.82) is 0 Å². The quantitative estimate of drug-likeness (QED) is 0.0566. The first kappa shape index (κ1) is 62.9. The number of aryl methyl sites for hydroxylation is 2. The number of nitrogens with zero attached hydrogens (tertiary/aromatic N) is 2. The van der Waals surface area contributed by atoms with Crippen LogP contribution in [0.3, 0.4) is 0 Å². The predicted octanol–water partition coefficient (Wildman–Crippen LogP) is 5.01. The molecule has 1 fully saturated rings. The molecule has 0 radical (unpaired) electrons. The highest BCUT2D eigenvalue weighted by molar-refractivity contribution is 8.00. The molecule has 4 aromatic carbocycles. The molecular weight excluding hydrogens is 1080 g/mol. The molecule has 4 aliphatic rings. The summed E-state index contributed by atoms with van der Waals surface area (Å²) in [6.45, 7) is 12.5. The van der Waals surface area contributed by atoms with E-state index < -0.39 is 82.0 Å². The van der Waals surface area contributed by atoms with Gasteiger partial charge in [-0.25, -0.2) is 0 Å². The van der Waals surface area contributed by atoms with Gasteiger partial charge in [-0.3, -0.25) is 38.4 Å².